The quantitative estimate of drug-likeness (QED) is 0.652. The first-order valence-electron chi connectivity index (χ1n) is 10.0. The van der Waals surface area contributed by atoms with Gasteiger partial charge in [-0.1, -0.05) is 36.4 Å². The predicted molar refractivity (Wildman–Crippen MR) is 111 cm³/mol. The maximum atomic E-state index is 14.8. The van der Waals surface area contributed by atoms with E-state index in [9.17, 15) is 4.39 Å². The first kappa shape index (κ1) is 20.6. The summed E-state index contributed by atoms with van der Waals surface area (Å²) in [6.07, 6.45) is 1.26. The molecule has 4 nitrogen and oxygen atoms in total. The van der Waals surface area contributed by atoms with Crippen LogP contribution in [-0.2, 0) is 6.42 Å². The average molecular weight is 386 g/mol. The van der Waals surface area contributed by atoms with Crippen molar-refractivity contribution in [1.29, 1.82) is 0 Å². The van der Waals surface area contributed by atoms with Crippen molar-refractivity contribution in [3.8, 4) is 11.5 Å². The lowest BCUT2D eigenvalue weighted by Crippen LogP contribution is -2.47. The van der Waals surface area contributed by atoms with Crippen molar-refractivity contribution >= 4 is 0 Å². The third-order valence-corrected chi connectivity index (χ3v) is 5.44. The Labute approximate surface area is 167 Å². The Morgan fingerprint density at radius 2 is 1.57 bits per heavy atom. The van der Waals surface area contributed by atoms with Crippen LogP contribution in [0.25, 0.3) is 0 Å². The SMILES string of the molecule is COc1ccc(C([18F])CN2CCN(CCCc3ccccc3)CC2)cc1OC. The standard InChI is InChI=1S/C23H31FN2O2/c1-27-22-11-10-20(17-23(22)28-2)21(24)18-26-15-13-25(14-16-26)12-6-9-19-7-4-3-5-8-19/h3-5,7-8,10-11,17,21H,6,9,12-16,18H2,1-2H3/i24-1. The molecule has 1 aliphatic heterocycles. The molecule has 0 radical (unpaired) electrons. The summed E-state index contributed by atoms with van der Waals surface area (Å²) in [5, 5.41) is 0. The Hall–Kier alpha value is -2.11. The number of ether oxygens (including phenoxy) is 2. The molecule has 28 heavy (non-hydrogen) atoms. The number of nitrogens with zero attached hydrogens (tertiary/aromatic N) is 2. The van der Waals surface area contributed by atoms with Crippen molar-refractivity contribution in [3.05, 3.63) is 59.7 Å². The van der Waals surface area contributed by atoms with Crippen molar-refractivity contribution in [2.45, 2.75) is 19.0 Å². The van der Waals surface area contributed by atoms with Gasteiger partial charge in [-0.05, 0) is 42.6 Å². The second-order valence-corrected chi connectivity index (χ2v) is 7.31. The average Bonchev–Trinajstić information content (AvgIpc) is 2.75. The Morgan fingerprint density at radius 3 is 2.25 bits per heavy atom. The van der Waals surface area contributed by atoms with Gasteiger partial charge in [-0.3, -0.25) is 4.90 Å². The molecule has 1 saturated heterocycles. The van der Waals surface area contributed by atoms with Gasteiger partial charge in [-0.2, -0.15) is 0 Å². The molecule has 0 N–H and O–H groups in total. The minimum absolute atomic E-state index is 0.424. The molecular weight excluding hydrogens is 354 g/mol. The maximum Gasteiger partial charge on any atom is 0.161 e. The van der Waals surface area contributed by atoms with Gasteiger partial charge in [-0.25, -0.2) is 4.39 Å². The van der Waals surface area contributed by atoms with Crippen LogP contribution in [0.15, 0.2) is 48.5 Å². The number of hydrogen-bond donors (Lipinski definition) is 0. The van der Waals surface area contributed by atoms with Gasteiger partial charge in [-0.15, -0.1) is 0 Å². The molecule has 3 rings (SSSR count). The van der Waals surface area contributed by atoms with Crippen LogP contribution in [0.4, 0.5) is 4.39 Å². The van der Waals surface area contributed by atoms with Crippen LogP contribution >= 0.6 is 0 Å². The minimum atomic E-state index is -1.02. The van der Waals surface area contributed by atoms with Crippen LogP contribution < -0.4 is 9.47 Å². The van der Waals surface area contributed by atoms with Crippen molar-refractivity contribution < 1.29 is 13.9 Å². The van der Waals surface area contributed by atoms with Crippen molar-refractivity contribution in [2.75, 3.05) is 53.5 Å². The Kier molecular flexibility index (Phi) is 7.69. The van der Waals surface area contributed by atoms with Crippen LogP contribution in [-0.4, -0.2) is 63.3 Å². The van der Waals surface area contributed by atoms with E-state index in [1.54, 1.807) is 32.4 Å². The number of aryl methyl sites for hydroxylation is 1. The summed E-state index contributed by atoms with van der Waals surface area (Å²) in [5.74, 6) is 1.20. The van der Waals surface area contributed by atoms with Gasteiger partial charge in [0.25, 0.3) is 0 Å². The van der Waals surface area contributed by atoms with Gasteiger partial charge in [0, 0.05) is 32.7 Å². The fourth-order valence-corrected chi connectivity index (χ4v) is 3.73. The topological polar surface area (TPSA) is 24.9 Å². The molecule has 0 bridgehead atoms. The van der Waals surface area contributed by atoms with E-state index in [1.807, 2.05) is 0 Å². The van der Waals surface area contributed by atoms with Crippen LogP contribution in [0.2, 0.25) is 0 Å². The largest absolute Gasteiger partial charge is 0.493 e. The van der Waals surface area contributed by atoms with E-state index >= 15 is 0 Å². The normalized spacial score (nSPS) is 16.7. The lowest BCUT2D eigenvalue weighted by molar-refractivity contribution is 0.106. The summed E-state index contributed by atoms with van der Waals surface area (Å²) in [6.45, 7) is 5.38. The summed E-state index contributed by atoms with van der Waals surface area (Å²) in [5.41, 5.74) is 2.04. The first-order valence-corrected chi connectivity index (χ1v) is 10.0. The zero-order valence-electron chi connectivity index (χ0n) is 16.9. The molecule has 2 aromatic rings. The number of hydrogen-bond acceptors (Lipinski definition) is 4. The molecule has 2 aromatic carbocycles. The Bertz CT molecular complexity index is 718. The van der Waals surface area contributed by atoms with Crippen LogP contribution in [0.1, 0.15) is 23.7 Å². The minimum Gasteiger partial charge on any atom is -0.493 e. The monoisotopic (exact) mass is 385 g/mol. The molecule has 1 heterocycles. The molecule has 1 fully saturated rings. The zero-order valence-corrected chi connectivity index (χ0v) is 16.9. The number of benzene rings is 2. The van der Waals surface area contributed by atoms with E-state index in [4.69, 9.17) is 9.47 Å². The number of piperazine rings is 1. The van der Waals surface area contributed by atoms with Gasteiger partial charge < -0.3 is 14.4 Å². The highest BCUT2D eigenvalue weighted by Crippen LogP contribution is 2.31. The molecule has 0 spiro atoms. The Morgan fingerprint density at radius 1 is 0.893 bits per heavy atom. The molecule has 1 aliphatic rings. The highest BCUT2D eigenvalue weighted by Gasteiger charge is 2.21. The predicted octanol–water partition coefficient (Wildman–Crippen LogP) is 3.96. The summed E-state index contributed by atoms with van der Waals surface area (Å²) in [4.78, 5) is 4.71. The fraction of sp³-hybridized carbons (Fsp3) is 0.478. The number of halogens is 1. The summed E-state index contributed by atoms with van der Waals surface area (Å²) >= 11 is 0. The molecule has 1 unspecified atom stereocenters. The van der Waals surface area contributed by atoms with Crippen molar-refractivity contribution in [1.82, 2.24) is 9.80 Å². The molecule has 0 aromatic heterocycles. The molecule has 0 saturated carbocycles. The molecule has 152 valence electrons. The lowest BCUT2D eigenvalue weighted by Gasteiger charge is -2.35. The van der Waals surface area contributed by atoms with Crippen molar-refractivity contribution in [2.24, 2.45) is 0 Å². The van der Waals surface area contributed by atoms with Crippen LogP contribution in [0.3, 0.4) is 0 Å². The summed E-state index contributed by atoms with van der Waals surface area (Å²) < 4.78 is 25.3. The maximum absolute atomic E-state index is 14.8. The fourth-order valence-electron chi connectivity index (χ4n) is 3.73. The third-order valence-electron chi connectivity index (χ3n) is 5.44. The molecule has 1 atom stereocenters. The number of methoxy groups -OCH3 is 2. The van der Waals surface area contributed by atoms with Gasteiger partial charge in [0.1, 0.15) is 6.17 Å². The van der Waals surface area contributed by atoms with Gasteiger partial charge in [0.05, 0.1) is 14.2 Å². The molecule has 0 amide bonds. The van der Waals surface area contributed by atoms with Crippen molar-refractivity contribution in [3.63, 3.8) is 0 Å². The van der Waals surface area contributed by atoms with Crippen LogP contribution in [0.5, 0.6) is 11.5 Å². The Balaban J connectivity index is 1.41. The van der Waals surface area contributed by atoms with Gasteiger partial charge in [0.15, 0.2) is 11.5 Å². The highest BCUT2D eigenvalue weighted by atomic mass is 18.2. The van der Waals surface area contributed by atoms with E-state index in [2.05, 4.69) is 40.1 Å². The second kappa shape index (κ2) is 10.4. The smallest absolute Gasteiger partial charge is 0.161 e. The van der Waals surface area contributed by atoms with Gasteiger partial charge >= 0.3 is 0 Å². The van der Waals surface area contributed by atoms with E-state index < -0.39 is 6.17 Å². The molecule has 5 heteroatoms. The third kappa shape index (κ3) is 5.69. The van der Waals surface area contributed by atoms with E-state index in [-0.39, 0.29) is 0 Å². The van der Waals surface area contributed by atoms with E-state index in [0.717, 1.165) is 39.1 Å². The van der Waals surface area contributed by atoms with E-state index in [0.29, 0.717) is 23.6 Å². The molecule has 0 aliphatic carbocycles. The first-order chi connectivity index (χ1) is 13.7. The van der Waals surface area contributed by atoms with Crippen LogP contribution in [0, 0.1) is 0 Å². The summed E-state index contributed by atoms with van der Waals surface area (Å²) in [7, 11) is 3.16. The second-order valence-electron chi connectivity index (χ2n) is 7.31. The van der Waals surface area contributed by atoms with Gasteiger partial charge in [0.2, 0.25) is 0 Å². The summed E-state index contributed by atoms with van der Waals surface area (Å²) in [6, 6.07) is 15.9. The highest BCUT2D eigenvalue weighted by molar-refractivity contribution is 5.43. The lowest BCUT2D eigenvalue weighted by atomic mass is 10.1. The van der Waals surface area contributed by atoms with E-state index in [1.165, 1.54) is 12.0 Å². The molecular formula is C23H31FN2O2. The number of alkyl halides is 1. The zero-order chi connectivity index (χ0) is 19.8. The number of rotatable bonds is 9.